The van der Waals surface area contributed by atoms with Gasteiger partial charge in [0.1, 0.15) is 0 Å². The lowest BCUT2D eigenvalue weighted by atomic mass is 10.1. The number of benzene rings is 1. The molecule has 2 aromatic rings. The predicted molar refractivity (Wildman–Crippen MR) is 71.0 cm³/mol. The zero-order valence-electron chi connectivity index (χ0n) is 10.2. The number of nitrogens with one attached hydrogen (secondary N) is 1. The molecule has 0 radical (unpaired) electrons. The normalized spacial score (nSPS) is 16.7. The Morgan fingerprint density at radius 1 is 1.17 bits per heavy atom. The van der Waals surface area contributed by atoms with Crippen molar-refractivity contribution in [2.45, 2.75) is 18.9 Å². The standard InChI is InChI=1S/C14H17N3O/c1-2-4-13(5-3-1)17-9-8-15-14(17)16-12-6-10-18-11-7-12/h1-5,8-9,12H,6-7,10-11H2,(H,15,16). The van der Waals surface area contributed by atoms with Gasteiger partial charge in [0.25, 0.3) is 0 Å². The van der Waals surface area contributed by atoms with Crippen LogP contribution < -0.4 is 5.32 Å². The van der Waals surface area contributed by atoms with Crippen molar-refractivity contribution < 1.29 is 4.74 Å². The van der Waals surface area contributed by atoms with E-state index in [0.29, 0.717) is 6.04 Å². The van der Waals surface area contributed by atoms with E-state index in [1.807, 2.05) is 30.6 Å². The van der Waals surface area contributed by atoms with E-state index in [2.05, 4.69) is 27.0 Å². The first-order valence-electron chi connectivity index (χ1n) is 6.36. The fourth-order valence-corrected chi connectivity index (χ4v) is 2.23. The molecule has 0 bridgehead atoms. The highest BCUT2D eigenvalue weighted by molar-refractivity contribution is 5.42. The van der Waals surface area contributed by atoms with Crippen LogP contribution in [0.15, 0.2) is 42.7 Å². The number of imidazole rings is 1. The van der Waals surface area contributed by atoms with Gasteiger partial charge in [0.05, 0.1) is 0 Å². The second-order valence-electron chi connectivity index (χ2n) is 4.49. The summed E-state index contributed by atoms with van der Waals surface area (Å²) in [4.78, 5) is 4.40. The Hall–Kier alpha value is -1.81. The maximum Gasteiger partial charge on any atom is 0.207 e. The Bertz CT molecular complexity index is 489. The first-order chi connectivity index (χ1) is 8.93. The third-order valence-electron chi connectivity index (χ3n) is 3.23. The molecule has 0 saturated carbocycles. The Labute approximate surface area is 107 Å². The maximum absolute atomic E-state index is 5.37. The highest BCUT2D eigenvalue weighted by Crippen LogP contribution is 2.17. The third-order valence-corrected chi connectivity index (χ3v) is 3.23. The lowest BCUT2D eigenvalue weighted by Crippen LogP contribution is -2.29. The SMILES string of the molecule is c1ccc(-n2ccnc2NC2CCOCC2)cc1. The Morgan fingerprint density at radius 2 is 1.94 bits per heavy atom. The molecule has 94 valence electrons. The summed E-state index contributed by atoms with van der Waals surface area (Å²) in [6.07, 6.45) is 5.90. The first kappa shape index (κ1) is 11.3. The summed E-state index contributed by atoms with van der Waals surface area (Å²) >= 11 is 0. The zero-order chi connectivity index (χ0) is 12.2. The van der Waals surface area contributed by atoms with Gasteiger partial charge in [-0.05, 0) is 25.0 Å². The molecule has 1 aromatic heterocycles. The van der Waals surface area contributed by atoms with Gasteiger partial charge in [-0.15, -0.1) is 0 Å². The van der Waals surface area contributed by atoms with Gasteiger partial charge < -0.3 is 10.1 Å². The molecule has 1 aliphatic rings. The van der Waals surface area contributed by atoms with E-state index < -0.39 is 0 Å². The van der Waals surface area contributed by atoms with Crippen LogP contribution in [-0.4, -0.2) is 28.8 Å². The minimum Gasteiger partial charge on any atom is -0.381 e. The van der Waals surface area contributed by atoms with Gasteiger partial charge in [0.2, 0.25) is 5.95 Å². The molecule has 4 heteroatoms. The van der Waals surface area contributed by atoms with Crippen molar-refractivity contribution in [2.75, 3.05) is 18.5 Å². The first-order valence-corrected chi connectivity index (χ1v) is 6.36. The van der Waals surface area contributed by atoms with Crippen LogP contribution in [0.25, 0.3) is 5.69 Å². The fourth-order valence-electron chi connectivity index (χ4n) is 2.23. The molecule has 2 heterocycles. The number of ether oxygens (including phenoxy) is 1. The van der Waals surface area contributed by atoms with Crippen molar-refractivity contribution >= 4 is 5.95 Å². The van der Waals surface area contributed by atoms with Crippen LogP contribution in [-0.2, 0) is 4.74 Å². The van der Waals surface area contributed by atoms with E-state index in [-0.39, 0.29) is 0 Å². The average molecular weight is 243 g/mol. The lowest BCUT2D eigenvalue weighted by Gasteiger charge is -2.24. The topological polar surface area (TPSA) is 39.1 Å². The molecular weight excluding hydrogens is 226 g/mol. The molecule has 1 N–H and O–H groups in total. The second kappa shape index (κ2) is 5.23. The van der Waals surface area contributed by atoms with Crippen molar-refractivity contribution in [3.8, 4) is 5.69 Å². The lowest BCUT2D eigenvalue weighted by molar-refractivity contribution is 0.0903. The van der Waals surface area contributed by atoms with Gasteiger partial charge in [-0.3, -0.25) is 4.57 Å². The van der Waals surface area contributed by atoms with Crippen LogP contribution in [0.1, 0.15) is 12.8 Å². The number of anilines is 1. The molecule has 0 amide bonds. The van der Waals surface area contributed by atoms with E-state index in [1.165, 1.54) is 0 Å². The van der Waals surface area contributed by atoms with Gasteiger partial charge in [0, 0.05) is 37.3 Å². The fraction of sp³-hybridized carbons (Fsp3) is 0.357. The number of aromatic nitrogens is 2. The van der Waals surface area contributed by atoms with Crippen molar-refractivity contribution in [1.29, 1.82) is 0 Å². The van der Waals surface area contributed by atoms with Crippen molar-refractivity contribution in [1.82, 2.24) is 9.55 Å². The van der Waals surface area contributed by atoms with Crippen molar-refractivity contribution in [2.24, 2.45) is 0 Å². The molecular formula is C14H17N3O. The van der Waals surface area contributed by atoms with E-state index in [0.717, 1.165) is 37.7 Å². The minimum absolute atomic E-state index is 0.462. The zero-order valence-corrected chi connectivity index (χ0v) is 10.2. The van der Waals surface area contributed by atoms with Gasteiger partial charge in [-0.25, -0.2) is 4.98 Å². The van der Waals surface area contributed by atoms with E-state index in [4.69, 9.17) is 4.74 Å². The Morgan fingerprint density at radius 3 is 2.72 bits per heavy atom. The summed E-state index contributed by atoms with van der Waals surface area (Å²) < 4.78 is 7.45. The predicted octanol–water partition coefficient (Wildman–Crippen LogP) is 2.46. The van der Waals surface area contributed by atoms with Crippen molar-refractivity contribution in [3.63, 3.8) is 0 Å². The van der Waals surface area contributed by atoms with Crippen LogP contribution in [0.4, 0.5) is 5.95 Å². The number of para-hydroxylation sites is 1. The van der Waals surface area contributed by atoms with E-state index in [9.17, 15) is 0 Å². The van der Waals surface area contributed by atoms with Gasteiger partial charge >= 0.3 is 0 Å². The van der Waals surface area contributed by atoms with E-state index >= 15 is 0 Å². The van der Waals surface area contributed by atoms with Crippen LogP contribution in [0, 0.1) is 0 Å². The molecule has 18 heavy (non-hydrogen) atoms. The Balaban J connectivity index is 1.79. The molecule has 0 aliphatic carbocycles. The maximum atomic E-state index is 5.37. The largest absolute Gasteiger partial charge is 0.381 e. The third kappa shape index (κ3) is 2.38. The summed E-state index contributed by atoms with van der Waals surface area (Å²) in [6.45, 7) is 1.67. The van der Waals surface area contributed by atoms with E-state index in [1.54, 1.807) is 0 Å². The molecule has 3 rings (SSSR count). The molecule has 1 aromatic carbocycles. The van der Waals surface area contributed by atoms with Crippen molar-refractivity contribution in [3.05, 3.63) is 42.7 Å². The molecule has 1 aliphatic heterocycles. The van der Waals surface area contributed by atoms with Gasteiger partial charge in [-0.1, -0.05) is 18.2 Å². The molecule has 1 fully saturated rings. The highest BCUT2D eigenvalue weighted by Gasteiger charge is 2.15. The number of hydrogen-bond acceptors (Lipinski definition) is 3. The molecule has 0 unspecified atom stereocenters. The highest BCUT2D eigenvalue weighted by atomic mass is 16.5. The molecule has 0 atom stereocenters. The number of rotatable bonds is 3. The summed E-state index contributed by atoms with van der Waals surface area (Å²) in [6, 6.07) is 10.7. The molecule has 0 spiro atoms. The minimum atomic E-state index is 0.462. The van der Waals surface area contributed by atoms with Crippen LogP contribution >= 0.6 is 0 Å². The molecule has 1 saturated heterocycles. The Kier molecular flexibility index (Phi) is 3.28. The van der Waals surface area contributed by atoms with Gasteiger partial charge in [-0.2, -0.15) is 0 Å². The molecule has 4 nitrogen and oxygen atoms in total. The summed E-state index contributed by atoms with van der Waals surface area (Å²) in [5, 5.41) is 3.50. The van der Waals surface area contributed by atoms with Crippen LogP contribution in [0.3, 0.4) is 0 Å². The van der Waals surface area contributed by atoms with Crippen LogP contribution in [0.2, 0.25) is 0 Å². The summed E-state index contributed by atoms with van der Waals surface area (Å²) in [5.41, 5.74) is 1.13. The summed E-state index contributed by atoms with van der Waals surface area (Å²) in [7, 11) is 0. The quantitative estimate of drug-likeness (QED) is 0.900. The smallest absolute Gasteiger partial charge is 0.207 e. The monoisotopic (exact) mass is 243 g/mol. The summed E-state index contributed by atoms with van der Waals surface area (Å²) in [5.74, 6) is 0.910. The second-order valence-corrected chi connectivity index (χ2v) is 4.49. The number of hydrogen-bond donors (Lipinski definition) is 1. The van der Waals surface area contributed by atoms with Gasteiger partial charge in [0.15, 0.2) is 0 Å². The average Bonchev–Trinajstić information content (AvgIpc) is 2.89. The van der Waals surface area contributed by atoms with Crippen LogP contribution in [0.5, 0.6) is 0 Å². The number of nitrogens with zero attached hydrogens (tertiary/aromatic N) is 2.